The number of carbonyl (C=O) groups is 1. The van der Waals surface area contributed by atoms with E-state index >= 15 is 0 Å². The summed E-state index contributed by atoms with van der Waals surface area (Å²) in [5, 5.41) is 2.95. The van der Waals surface area contributed by atoms with E-state index in [2.05, 4.69) is 5.32 Å². The number of hydrogen-bond acceptors (Lipinski definition) is 4. The maximum Gasteiger partial charge on any atom is 0.243 e. The predicted molar refractivity (Wildman–Crippen MR) is 109 cm³/mol. The summed E-state index contributed by atoms with van der Waals surface area (Å²) in [5.74, 6) is -0.203. The second-order valence-corrected chi connectivity index (χ2v) is 9.82. The molecule has 1 N–H and O–H groups in total. The van der Waals surface area contributed by atoms with Gasteiger partial charge in [0, 0.05) is 18.0 Å². The first-order valence-electron chi connectivity index (χ1n) is 9.20. The standard InChI is InChI=1S/C20H23FN2O3S2/c1-2-27-19-8-4-3-7-18(19)22-20(24)15-6-5-13-23(14-15)28(25,26)17-11-9-16(21)10-12-17/h3-4,7-12,15H,2,5-6,13-14H2,1H3,(H,22,24)/t15-/m1/s1. The van der Waals surface area contributed by atoms with Crippen molar-refractivity contribution in [3.05, 3.63) is 54.3 Å². The Morgan fingerprint density at radius 1 is 1.21 bits per heavy atom. The van der Waals surface area contributed by atoms with Crippen LogP contribution in [0.3, 0.4) is 0 Å². The van der Waals surface area contributed by atoms with Gasteiger partial charge >= 0.3 is 0 Å². The molecular formula is C20H23FN2O3S2. The van der Waals surface area contributed by atoms with E-state index in [1.165, 1.54) is 16.4 Å². The van der Waals surface area contributed by atoms with Gasteiger partial charge in [-0.05, 0) is 55.0 Å². The van der Waals surface area contributed by atoms with Crippen LogP contribution in [0.5, 0.6) is 0 Å². The minimum Gasteiger partial charge on any atom is -0.325 e. The Hall–Kier alpha value is -1.90. The topological polar surface area (TPSA) is 66.5 Å². The third kappa shape index (κ3) is 4.74. The predicted octanol–water partition coefficient (Wildman–Crippen LogP) is 3.98. The molecule has 1 heterocycles. The number of nitrogens with zero attached hydrogens (tertiary/aromatic N) is 1. The molecule has 28 heavy (non-hydrogen) atoms. The van der Waals surface area contributed by atoms with E-state index in [1.807, 2.05) is 31.2 Å². The normalized spacial score (nSPS) is 18.0. The van der Waals surface area contributed by atoms with Gasteiger partial charge in [0.1, 0.15) is 5.82 Å². The lowest BCUT2D eigenvalue weighted by molar-refractivity contribution is -0.120. The molecule has 0 spiro atoms. The quantitative estimate of drug-likeness (QED) is 0.715. The van der Waals surface area contributed by atoms with Gasteiger partial charge in [-0.25, -0.2) is 12.8 Å². The number of anilines is 1. The smallest absolute Gasteiger partial charge is 0.243 e. The van der Waals surface area contributed by atoms with Crippen molar-refractivity contribution in [2.75, 3.05) is 24.2 Å². The molecule has 0 bridgehead atoms. The van der Waals surface area contributed by atoms with Crippen molar-refractivity contribution in [3.8, 4) is 0 Å². The van der Waals surface area contributed by atoms with Gasteiger partial charge in [-0.1, -0.05) is 19.1 Å². The average Bonchev–Trinajstić information content (AvgIpc) is 2.70. The van der Waals surface area contributed by atoms with Crippen LogP contribution in [0.1, 0.15) is 19.8 Å². The zero-order chi connectivity index (χ0) is 20.1. The SMILES string of the molecule is CCSc1ccccc1NC(=O)[C@@H]1CCCN(S(=O)(=O)c2ccc(F)cc2)C1. The summed E-state index contributed by atoms with van der Waals surface area (Å²) in [6, 6.07) is 12.4. The molecule has 3 rings (SSSR count). The van der Waals surface area contributed by atoms with Crippen LogP contribution in [0.4, 0.5) is 10.1 Å². The van der Waals surface area contributed by atoms with Crippen LogP contribution in [-0.4, -0.2) is 37.5 Å². The summed E-state index contributed by atoms with van der Waals surface area (Å²) in [5.41, 5.74) is 0.748. The maximum atomic E-state index is 13.1. The highest BCUT2D eigenvalue weighted by molar-refractivity contribution is 7.99. The fraction of sp³-hybridized carbons (Fsp3) is 0.350. The zero-order valence-electron chi connectivity index (χ0n) is 15.6. The monoisotopic (exact) mass is 422 g/mol. The lowest BCUT2D eigenvalue weighted by atomic mass is 9.99. The van der Waals surface area contributed by atoms with Crippen molar-refractivity contribution in [1.82, 2.24) is 4.31 Å². The molecule has 0 saturated carbocycles. The largest absolute Gasteiger partial charge is 0.325 e. The van der Waals surface area contributed by atoms with Crippen LogP contribution in [0, 0.1) is 11.7 Å². The van der Waals surface area contributed by atoms with Gasteiger partial charge in [0.25, 0.3) is 0 Å². The highest BCUT2D eigenvalue weighted by Crippen LogP contribution is 2.29. The van der Waals surface area contributed by atoms with Crippen LogP contribution in [-0.2, 0) is 14.8 Å². The molecule has 2 aromatic carbocycles. The van der Waals surface area contributed by atoms with E-state index < -0.39 is 21.8 Å². The van der Waals surface area contributed by atoms with Crippen molar-refractivity contribution in [1.29, 1.82) is 0 Å². The molecule has 0 radical (unpaired) electrons. The number of carbonyl (C=O) groups excluding carboxylic acids is 1. The van der Waals surface area contributed by atoms with E-state index in [1.54, 1.807) is 11.8 Å². The van der Waals surface area contributed by atoms with Gasteiger partial charge in [-0.15, -0.1) is 11.8 Å². The van der Waals surface area contributed by atoms with Crippen molar-refractivity contribution in [3.63, 3.8) is 0 Å². The number of hydrogen-bond donors (Lipinski definition) is 1. The van der Waals surface area contributed by atoms with E-state index in [0.29, 0.717) is 19.4 Å². The Balaban J connectivity index is 1.72. The number of halogens is 1. The number of benzene rings is 2. The van der Waals surface area contributed by atoms with Crippen LogP contribution < -0.4 is 5.32 Å². The molecule has 0 unspecified atom stereocenters. The highest BCUT2D eigenvalue weighted by atomic mass is 32.2. The summed E-state index contributed by atoms with van der Waals surface area (Å²) in [6.07, 6.45) is 1.23. The fourth-order valence-corrected chi connectivity index (χ4v) is 5.50. The van der Waals surface area contributed by atoms with Gasteiger partial charge in [-0.3, -0.25) is 4.79 Å². The number of rotatable bonds is 6. The molecule has 0 aliphatic carbocycles. The fourth-order valence-electron chi connectivity index (χ4n) is 3.22. The van der Waals surface area contributed by atoms with Gasteiger partial charge in [0.15, 0.2) is 0 Å². The highest BCUT2D eigenvalue weighted by Gasteiger charge is 2.33. The molecule has 5 nitrogen and oxygen atoms in total. The first-order chi connectivity index (χ1) is 13.4. The summed E-state index contributed by atoms with van der Waals surface area (Å²) >= 11 is 1.64. The molecule has 0 aromatic heterocycles. The van der Waals surface area contributed by atoms with E-state index in [-0.39, 0.29) is 17.3 Å². The molecule has 2 aromatic rings. The third-order valence-corrected chi connectivity index (χ3v) is 7.49. The van der Waals surface area contributed by atoms with E-state index in [0.717, 1.165) is 28.5 Å². The Labute approximate surface area is 169 Å². The number of piperidine rings is 1. The summed E-state index contributed by atoms with van der Waals surface area (Å²) < 4.78 is 40.1. The Kier molecular flexibility index (Phi) is 6.74. The Bertz CT molecular complexity index is 933. The second-order valence-electron chi connectivity index (χ2n) is 6.57. The number of para-hydroxylation sites is 1. The molecule has 8 heteroatoms. The number of sulfonamides is 1. The lowest BCUT2D eigenvalue weighted by Gasteiger charge is -2.31. The van der Waals surface area contributed by atoms with Crippen molar-refractivity contribution in [2.24, 2.45) is 5.92 Å². The number of nitrogens with one attached hydrogen (secondary N) is 1. The molecule has 1 atom stereocenters. The molecular weight excluding hydrogens is 399 g/mol. The summed E-state index contributed by atoms with van der Waals surface area (Å²) in [6.45, 7) is 2.52. The van der Waals surface area contributed by atoms with Crippen LogP contribution in [0.25, 0.3) is 0 Å². The van der Waals surface area contributed by atoms with Crippen LogP contribution >= 0.6 is 11.8 Å². The summed E-state index contributed by atoms with van der Waals surface area (Å²) in [7, 11) is -3.75. The Morgan fingerprint density at radius 2 is 1.93 bits per heavy atom. The lowest BCUT2D eigenvalue weighted by Crippen LogP contribution is -2.43. The van der Waals surface area contributed by atoms with Crippen LogP contribution in [0.2, 0.25) is 0 Å². The number of amides is 1. The van der Waals surface area contributed by atoms with Gasteiger partial charge < -0.3 is 5.32 Å². The van der Waals surface area contributed by atoms with E-state index in [9.17, 15) is 17.6 Å². The van der Waals surface area contributed by atoms with Crippen molar-refractivity contribution >= 4 is 33.4 Å². The first kappa shape index (κ1) is 20.8. The van der Waals surface area contributed by atoms with Gasteiger partial charge in [0.05, 0.1) is 16.5 Å². The van der Waals surface area contributed by atoms with Crippen molar-refractivity contribution < 1.29 is 17.6 Å². The average molecular weight is 423 g/mol. The molecule has 1 saturated heterocycles. The van der Waals surface area contributed by atoms with Crippen molar-refractivity contribution in [2.45, 2.75) is 29.6 Å². The first-order valence-corrected chi connectivity index (χ1v) is 11.6. The molecule has 1 fully saturated rings. The maximum absolute atomic E-state index is 13.1. The number of thioether (sulfide) groups is 1. The van der Waals surface area contributed by atoms with Crippen LogP contribution in [0.15, 0.2) is 58.3 Å². The molecule has 150 valence electrons. The zero-order valence-corrected chi connectivity index (χ0v) is 17.2. The van der Waals surface area contributed by atoms with Gasteiger partial charge in [0.2, 0.25) is 15.9 Å². The molecule has 1 amide bonds. The minimum absolute atomic E-state index is 0.0413. The summed E-state index contributed by atoms with van der Waals surface area (Å²) in [4.78, 5) is 13.8. The second kappa shape index (κ2) is 9.07. The minimum atomic E-state index is -3.75. The van der Waals surface area contributed by atoms with E-state index in [4.69, 9.17) is 0 Å². The molecule has 1 aliphatic heterocycles. The Morgan fingerprint density at radius 3 is 2.64 bits per heavy atom. The molecule has 1 aliphatic rings. The van der Waals surface area contributed by atoms with Gasteiger partial charge in [-0.2, -0.15) is 4.31 Å². The third-order valence-electron chi connectivity index (χ3n) is 4.65.